The van der Waals surface area contributed by atoms with Gasteiger partial charge in [0.25, 0.3) is 11.7 Å². The summed E-state index contributed by atoms with van der Waals surface area (Å²) in [4.78, 5) is 30.7. The molecular formula is C23H28N2O4S. The molecule has 1 saturated heterocycles. The average Bonchev–Trinajstić information content (AvgIpc) is 3.29. The molecule has 1 unspecified atom stereocenters. The molecule has 2 heterocycles. The maximum Gasteiger partial charge on any atom is 0.295 e. The zero-order chi connectivity index (χ0) is 21.8. The van der Waals surface area contributed by atoms with Gasteiger partial charge in [0.2, 0.25) is 0 Å². The molecule has 0 saturated carbocycles. The van der Waals surface area contributed by atoms with Crippen molar-refractivity contribution in [3.05, 3.63) is 57.3 Å². The van der Waals surface area contributed by atoms with E-state index in [0.717, 1.165) is 23.5 Å². The van der Waals surface area contributed by atoms with Gasteiger partial charge in [0.15, 0.2) is 0 Å². The van der Waals surface area contributed by atoms with Crippen LogP contribution in [-0.4, -0.2) is 59.9 Å². The monoisotopic (exact) mass is 428 g/mol. The van der Waals surface area contributed by atoms with Crippen molar-refractivity contribution in [2.45, 2.75) is 26.8 Å². The van der Waals surface area contributed by atoms with E-state index >= 15 is 0 Å². The van der Waals surface area contributed by atoms with E-state index in [0.29, 0.717) is 24.4 Å². The Morgan fingerprint density at radius 1 is 1.17 bits per heavy atom. The molecular weight excluding hydrogens is 400 g/mol. The van der Waals surface area contributed by atoms with Gasteiger partial charge in [-0.2, -0.15) is 0 Å². The smallest absolute Gasteiger partial charge is 0.295 e. The van der Waals surface area contributed by atoms with Crippen LogP contribution in [0.25, 0.3) is 5.76 Å². The SMILES string of the molecule is CCN(CC)CCN1C(=O)C(=O)/C(=C(\O)c2ccc(OC)cc2)C1c1sccc1C. The maximum atomic E-state index is 13.0. The average molecular weight is 429 g/mol. The number of ether oxygens (including phenoxy) is 1. The summed E-state index contributed by atoms with van der Waals surface area (Å²) in [5.74, 6) is -0.702. The number of carbonyl (C=O) groups excluding carboxylic acids is 2. The van der Waals surface area contributed by atoms with Gasteiger partial charge in [0.1, 0.15) is 11.5 Å². The van der Waals surface area contributed by atoms with E-state index in [2.05, 4.69) is 18.7 Å². The summed E-state index contributed by atoms with van der Waals surface area (Å²) in [5, 5.41) is 13.0. The van der Waals surface area contributed by atoms with Crippen LogP contribution in [0, 0.1) is 6.92 Å². The standard InChI is InChI=1S/C23H28N2O4S/c1-5-24(6-2)12-13-25-19(22-15(3)11-14-30-22)18(21(27)23(25)28)20(26)16-7-9-17(29-4)10-8-16/h7-11,14,19,26H,5-6,12-13H2,1-4H3/b20-18-. The van der Waals surface area contributed by atoms with Crippen LogP contribution in [0.2, 0.25) is 0 Å². The number of rotatable bonds is 8. The molecule has 6 nitrogen and oxygen atoms in total. The first-order chi connectivity index (χ1) is 14.4. The van der Waals surface area contributed by atoms with Gasteiger partial charge in [-0.1, -0.05) is 13.8 Å². The molecule has 1 aliphatic heterocycles. The van der Waals surface area contributed by atoms with Crippen LogP contribution < -0.4 is 4.74 Å². The summed E-state index contributed by atoms with van der Waals surface area (Å²) in [7, 11) is 1.57. The second-order valence-electron chi connectivity index (χ2n) is 7.22. The number of Topliss-reactive ketones (excluding diaryl/α,β-unsaturated/α-hetero) is 1. The molecule has 7 heteroatoms. The van der Waals surface area contributed by atoms with Crippen molar-refractivity contribution in [2.75, 3.05) is 33.3 Å². The van der Waals surface area contributed by atoms with Crippen LogP contribution in [0.4, 0.5) is 0 Å². The highest BCUT2D eigenvalue weighted by atomic mass is 32.1. The molecule has 1 aliphatic rings. The van der Waals surface area contributed by atoms with Gasteiger partial charge in [-0.25, -0.2) is 0 Å². The first-order valence-electron chi connectivity index (χ1n) is 10.1. The minimum atomic E-state index is -0.638. The summed E-state index contributed by atoms with van der Waals surface area (Å²) in [5.41, 5.74) is 1.63. The highest BCUT2D eigenvalue weighted by Gasteiger charge is 2.46. The predicted octanol–water partition coefficient (Wildman–Crippen LogP) is 3.83. The number of nitrogens with zero attached hydrogens (tertiary/aromatic N) is 2. The quantitative estimate of drug-likeness (QED) is 0.393. The Kier molecular flexibility index (Phi) is 6.95. The Morgan fingerprint density at radius 3 is 2.37 bits per heavy atom. The largest absolute Gasteiger partial charge is 0.507 e. The van der Waals surface area contributed by atoms with E-state index in [-0.39, 0.29) is 11.3 Å². The molecule has 0 aliphatic carbocycles. The Hall–Kier alpha value is -2.64. The van der Waals surface area contributed by atoms with Crippen molar-refractivity contribution in [2.24, 2.45) is 0 Å². The number of methoxy groups -OCH3 is 1. The van der Waals surface area contributed by atoms with Crippen LogP contribution in [0.3, 0.4) is 0 Å². The van der Waals surface area contributed by atoms with Gasteiger partial charge in [0, 0.05) is 23.5 Å². The number of thiophene rings is 1. The number of aliphatic hydroxyl groups is 1. The van der Waals surface area contributed by atoms with Crippen LogP contribution in [0.5, 0.6) is 5.75 Å². The number of likely N-dealkylation sites (tertiary alicyclic amines) is 1. The normalized spacial score (nSPS) is 18.4. The van der Waals surface area contributed by atoms with E-state index in [9.17, 15) is 14.7 Å². The number of carbonyl (C=O) groups is 2. The lowest BCUT2D eigenvalue weighted by molar-refractivity contribution is -0.140. The summed E-state index contributed by atoms with van der Waals surface area (Å²) in [6, 6.07) is 8.21. The number of likely N-dealkylation sites (N-methyl/N-ethyl adjacent to an activating group) is 1. The molecule has 3 rings (SSSR count). The lowest BCUT2D eigenvalue weighted by atomic mass is 9.98. The fourth-order valence-electron chi connectivity index (χ4n) is 3.74. The molecule has 30 heavy (non-hydrogen) atoms. The summed E-state index contributed by atoms with van der Waals surface area (Å²) >= 11 is 1.50. The number of hydrogen-bond acceptors (Lipinski definition) is 6. The topological polar surface area (TPSA) is 70.1 Å². The number of amides is 1. The predicted molar refractivity (Wildman–Crippen MR) is 119 cm³/mol. The molecule has 1 fully saturated rings. The third kappa shape index (κ3) is 4.13. The van der Waals surface area contributed by atoms with Gasteiger partial charge in [-0.15, -0.1) is 11.3 Å². The minimum Gasteiger partial charge on any atom is -0.507 e. The summed E-state index contributed by atoms with van der Waals surface area (Å²) < 4.78 is 5.17. The molecule has 1 N–H and O–H groups in total. The van der Waals surface area contributed by atoms with Gasteiger partial charge < -0.3 is 19.6 Å². The van der Waals surface area contributed by atoms with E-state index in [1.807, 2.05) is 18.4 Å². The number of ketones is 1. The fraction of sp³-hybridized carbons (Fsp3) is 0.391. The third-order valence-electron chi connectivity index (χ3n) is 5.61. The highest BCUT2D eigenvalue weighted by molar-refractivity contribution is 7.10. The van der Waals surface area contributed by atoms with Crippen LogP contribution >= 0.6 is 11.3 Å². The molecule has 0 radical (unpaired) electrons. The zero-order valence-electron chi connectivity index (χ0n) is 17.8. The van der Waals surface area contributed by atoms with Crippen LogP contribution in [0.1, 0.15) is 35.9 Å². The van der Waals surface area contributed by atoms with Crippen molar-refractivity contribution in [1.82, 2.24) is 9.80 Å². The molecule has 160 valence electrons. The minimum absolute atomic E-state index is 0.148. The molecule has 1 atom stereocenters. The molecule has 0 spiro atoms. The van der Waals surface area contributed by atoms with Crippen LogP contribution in [-0.2, 0) is 9.59 Å². The number of aryl methyl sites for hydroxylation is 1. The Labute approximate surface area is 181 Å². The van der Waals surface area contributed by atoms with Gasteiger partial charge in [-0.3, -0.25) is 9.59 Å². The molecule has 1 aromatic heterocycles. The lowest BCUT2D eigenvalue weighted by Gasteiger charge is -2.27. The van der Waals surface area contributed by atoms with Crippen molar-refractivity contribution >= 4 is 28.8 Å². The lowest BCUT2D eigenvalue weighted by Crippen LogP contribution is -2.37. The number of hydrogen-bond donors (Lipinski definition) is 1. The van der Waals surface area contributed by atoms with E-state index < -0.39 is 17.7 Å². The van der Waals surface area contributed by atoms with Crippen molar-refractivity contribution < 1.29 is 19.4 Å². The Morgan fingerprint density at radius 2 is 1.83 bits per heavy atom. The van der Waals surface area contributed by atoms with Crippen molar-refractivity contribution in [3.8, 4) is 5.75 Å². The van der Waals surface area contributed by atoms with E-state index in [1.165, 1.54) is 11.3 Å². The zero-order valence-corrected chi connectivity index (χ0v) is 18.7. The molecule has 0 bridgehead atoms. The van der Waals surface area contributed by atoms with E-state index in [1.54, 1.807) is 36.3 Å². The summed E-state index contributed by atoms with van der Waals surface area (Å²) in [6.45, 7) is 8.94. The molecule has 1 aromatic carbocycles. The molecule has 2 aromatic rings. The summed E-state index contributed by atoms with van der Waals surface area (Å²) in [6.07, 6.45) is 0. The number of aliphatic hydroxyl groups excluding tert-OH is 1. The second-order valence-corrected chi connectivity index (χ2v) is 8.16. The van der Waals surface area contributed by atoms with Gasteiger partial charge >= 0.3 is 0 Å². The first-order valence-corrected chi connectivity index (χ1v) is 11.0. The Balaban J connectivity index is 2.06. The van der Waals surface area contributed by atoms with Crippen LogP contribution in [0.15, 0.2) is 41.3 Å². The van der Waals surface area contributed by atoms with Crippen molar-refractivity contribution in [3.63, 3.8) is 0 Å². The number of benzene rings is 1. The second kappa shape index (κ2) is 9.45. The first kappa shape index (κ1) is 22.1. The van der Waals surface area contributed by atoms with Gasteiger partial charge in [0.05, 0.1) is 18.7 Å². The molecule has 1 amide bonds. The third-order valence-corrected chi connectivity index (χ3v) is 6.68. The van der Waals surface area contributed by atoms with E-state index in [4.69, 9.17) is 4.74 Å². The van der Waals surface area contributed by atoms with Gasteiger partial charge in [-0.05, 0) is 61.3 Å². The highest BCUT2D eigenvalue weighted by Crippen LogP contribution is 2.42. The Bertz CT molecular complexity index is 944. The fourth-order valence-corrected chi connectivity index (χ4v) is 4.79. The maximum absolute atomic E-state index is 13.0. The van der Waals surface area contributed by atoms with Crippen molar-refractivity contribution in [1.29, 1.82) is 0 Å².